The number of methoxy groups -OCH3 is 1. The molecule has 0 aliphatic carbocycles. The zero-order chi connectivity index (χ0) is 15.6. The van der Waals surface area contributed by atoms with Crippen molar-refractivity contribution in [3.63, 3.8) is 0 Å². The Kier molecular flexibility index (Phi) is 4.11. The largest absolute Gasteiger partial charge is 0.491 e. The molecule has 0 fully saturated rings. The molecule has 0 radical (unpaired) electrons. The third kappa shape index (κ3) is 2.96. The monoisotopic (exact) mass is 290 g/mol. The van der Waals surface area contributed by atoms with Gasteiger partial charge < -0.3 is 15.0 Å². The maximum absolute atomic E-state index is 12.2. The first-order valence-electron chi connectivity index (χ1n) is 6.53. The van der Waals surface area contributed by atoms with Crippen LogP contribution in [0.25, 0.3) is 0 Å². The molecule has 2 aromatic heterocycles. The van der Waals surface area contributed by atoms with E-state index in [1.165, 1.54) is 19.4 Å². The van der Waals surface area contributed by atoms with E-state index in [1.807, 2.05) is 20.8 Å². The number of H-pyrrole nitrogens is 2. The number of hydrogen-bond donors (Lipinski definition) is 3. The molecule has 0 saturated heterocycles. The predicted octanol–water partition coefficient (Wildman–Crippen LogP) is 1.21. The van der Waals surface area contributed by atoms with Crippen LogP contribution in [-0.2, 0) is 0 Å². The number of carbonyl (C=O) groups excluding carboxylic acids is 1. The molecule has 0 aliphatic heterocycles. The van der Waals surface area contributed by atoms with E-state index in [4.69, 9.17) is 4.74 Å². The van der Waals surface area contributed by atoms with Gasteiger partial charge in [0.25, 0.3) is 5.91 Å². The summed E-state index contributed by atoms with van der Waals surface area (Å²) in [4.78, 5) is 26.6. The van der Waals surface area contributed by atoms with Crippen molar-refractivity contribution in [2.75, 3.05) is 7.11 Å². The number of aryl methyl sites for hydroxylation is 2. The first kappa shape index (κ1) is 14.8. The summed E-state index contributed by atoms with van der Waals surface area (Å²) in [6, 6.07) is 0.998. The molecule has 2 heterocycles. The van der Waals surface area contributed by atoms with Gasteiger partial charge in [0.2, 0.25) is 5.43 Å². The second-order valence-electron chi connectivity index (χ2n) is 4.82. The molecular weight excluding hydrogens is 272 g/mol. The van der Waals surface area contributed by atoms with E-state index in [0.29, 0.717) is 0 Å². The lowest BCUT2D eigenvalue weighted by molar-refractivity contribution is 0.0934. The maximum atomic E-state index is 12.2. The number of amides is 1. The Morgan fingerprint density at radius 3 is 2.67 bits per heavy atom. The molecule has 1 atom stereocenters. The van der Waals surface area contributed by atoms with Gasteiger partial charge in [-0.15, -0.1) is 0 Å². The van der Waals surface area contributed by atoms with Crippen LogP contribution < -0.4 is 15.5 Å². The van der Waals surface area contributed by atoms with Crippen molar-refractivity contribution >= 4 is 5.91 Å². The van der Waals surface area contributed by atoms with Crippen molar-refractivity contribution in [1.29, 1.82) is 0 Å². The van der Waals surface area contributed by atoms with Crippen LogP contribution in [-0.4, -0.2) is 28.2 Å². The zero-order valence-corrected chi connectivity index (χ0v) is 12.4. The normalized spacial score (nSPS) is 12.0. The highest BCUT2D eigenvalue weighted by Crippen LogP contribution is 2.19. The van der Waals surface area contributed by atoms with Gasteiger partial charge in [-0.05, 0) is 20.8 Å². The van der Waals surface area contributed by atoms with Gasteiger partial charge in [0.1, 0.15) is 5.69 Å². The molecule has 3 N–H and O–H groups in total. The molecule has 0 spiro atoms. The number of aromatic amines is 2. The van der Waals surface area contributed by atoms with Crippen LogP contribution in [0.3, 0.4) is 0 Å². The number of nitrogens with one attached hydrogen (secondary N) is 3. The standard InChI is InChI=1S/C14H18N4O3/c1-7(13-8(2)17-18-9(13)3)16-14(20)10-5-11(19)12(21-4)6-15-10/h5-7H,1-4H3,(H,15,19)(H,16,20)(H,17,18)/t7-/m1/s1. The molecule has 2 aromatic rings. The highest BCUT2D eigenvalue weighted by Gasteiger charge is 2.18. The van der Waals surface area contributed by atoms with Crippen LogP contribution in [0.5, 0.6) is 5.75 Å². The highest BCUT2D eigenvalue weighted by molar-refractivity contribution is 5.92. The molecular formula is C14H18N4O3. The van der Waals surface area contributed by atoms with Crippen molar-refractivity contribution < 1.29 is 9.53 Å². The SMILES string of the molecule is COc1c[nH]c(C(=O)N[C@H](C)c2c(C)n[nH]c2C)cc1=O. The van der Waals surface area contributed by atoms with E-state index >= 15 is 0 Å². The summed E-state index contributed by atoms with van der Waals surface area (Å²) in [7, 11) is 1.40. The van der Waals surface area contributed by atoms with Crippen LogP contribution in [0, 0.1) is 13.8 Å². The number of hydrogen-bond acceptors (Lipinski definition) is 4. The fraction of sp³-hybridized carbons (Fsp3) is 0.357. The Morgan fingerprint density at radius 2 is 2.14 bits per heavy atom. The van der Waals surface area contributed by atoms with Gasteiger partial charge in [-0.1, -0.05) is 0 Å². The Bertz CT molecular complexity index is 698. The van der Waals surface area contributed by atoms with Gasteiger partial charge in [-0.2, -0.15) is 5.10 Å². The molecule has 2 rings (SSSR count). The summed E-state index contributed by atoms with van der Waals surface area (Å²) in [6.07, 6.45) is 1.37. The fourth-order valence-corrected chi connectivity index (χ4v) is 2.29. The molecule has 0 aromatic carbocycles. The van der Waals surface area contributed by atoms with Crippen molar-refractivity contribution in [2.45, 2.75) is 26.8 Å². The van der Waals surface area contributed by atoms with E-state index in [2.05, 4.69) is 20.5 Å². The highest BCUT2D eigenvalue weighted by atomic mass is 16.5. The first-order valence-corrected chi connectivity index (χ1v) is 6.53. The molecule has 7 nitrogen and oxygen atoms in total. The lowest BCUT2D eigenvalue weighted by atomic mass is 10.1. The van der Waals surface area contributed by atoms with E-state index in [0.717, 1.165) is 17.0 Å². The third-order valence-corrected chi connectivity index (χ3v) is 3.31. The van der Waals surface area contributed by atoms with Gasteiger partial charge >= 0.3 is 0 Å². The average molecular weight is 290 g/mol. The van der Waals surface area contributed by atoms with Crippen LogP contribution in [0.2, 0.25) is 0 Å². The maximum Gasteiger partial charge on any atom is 0.268 e. The van der Waals surface area contributed by atoms with Crippen LogP contribution in [0.1, 0.15) is 40.4 Å². The smallest absolute Gasteiger partial charge is 0.268 e. The van der Waals surface area contributed by atoms with Crippen LogP contribution >= 0.6 is 0 Å². The summed E-state index contributed by atoms with van der Waals surface area (Å²) >= 11 is 0. The second-order valence-corrected chi connectivity index (χ2v) is 4.82. The molecule has 0 unspecified atom stereocenters. The van der Waals surface area contributed by atoms with Crippen LogP contribution in [0.4, 0.5) is 0 Å². The summed E-state index contributed by atoms with van der Waals surface area (Å²) in [6.45, 7) is 5.63. The molecule has 112 valence electrons. The molecule has 21 heavy (non-hydrogen) atoms. The average Bonchev–Trinajstić information content (AvgIpc) is 2.77. The summed E-state index contributed by atoms with van der Waals surface area (Å²) in [5.41, 5.74) is 2.53. The molecule has 0 aliphatic rings. The van der Waals surface area contributed by atoms with E-state index in [9.17, 15) is 9.59 Å². The lowest BCUT2D eigenvalue weighted by Crippen LogP contribution is -2.29. The number of carbonyl (C=O) groups is 1. The van der Waals surface area contributed by atoms with Crippen LogP contribution in [0.15, 0.2) is 17.1 Å². The van der Waals surface area contributed by atoms with Gasteiger partial charge in [0.15, 0.2) is 5.75 Å². The quantitative estimate of drug-likeness (QED) is 0.788. The predicted molar refractivity (Wildman–Crippen MR) is 77.6 cm³/mol. The zero-order valence-electron chi connectivity index (χ0n) is 12.4. The molecule has 0 saturated carbocycles. The van der Waals surface area contributed by atoms with Gasteiger partial charge in [-0.3, -0.25) is 14.7 Å². The Labute approximate surface area is 121 Å². The lowest BCUT2D eigenvalue weighted by Gasteiger charge is -2.14. The first-order chi connectivity index (χ1) is 9.93. The van der Waals surface area contributed by atoms with E-state index < -0.39 is 0 Å². The number of rotatable bonds is 4. The van der Waals surface area contributed by atoms with Crippen molar-refractivity contribution in [3.05, 3.63) is 45.1 Å². The molecule has 1 amide bonds. The summed E-state index contributed by atoms with van der Waals surface area (Å²) in [5.74, 6) is -0.191. The van der Waals surface area contributed by atoms with Gasteiger partial charge in [0, 0.05) is 23.5 Å². The second kappa shape index (κ2) is 5.82. The van der Waals surface area contributed by atoms with Crippen molar-refractivity contribution in [2.24, 2.45) is 0 Å². The minimum absolute atomic E-state index is 0.168. The van der Waals surface area contributed by atoms with Crippen molar-refractivity contribution in [1.82, 2.24) is 20.5 Å². The minimum Gasteiger partial charge on any atom is -0.491 e. The van der Waals surface area contributed by atoms with Gasteiger partial charge in [0.05, 0.1) is 18.8 Å². The Hall–Kier alpha value is -2.57. The summed E-state index contributed by atoms with van der Waals surface area (Å²) < 4.78 is 4.86. The Morgan fingerprint density at radius 1 is 1.43 bits per heavy atom. The number of nitrogens with zero attached hydrogens (tertiary/aromatic N) is 1. The Balaban J connectivity index is 2.18. The molecule has 0 bridgehead atoms. The van der Waals surface area contributed by atoms with E-state index in [-0.39, 0.29) is 28.8 Å². The third-order valence-electron chi connectivity index (χ3n) is 3.31. The topological polar surface area (TPSA) is 99.9 Å². The molecule has 7 heteroatoms. The minimum atomic E-state index is -0.359. The number of ether oxygens (including phenoxy) is 1. The van der Waals surface area contributed by atoms with Crippen molar-refractivity contribution in [3.8, 4) is 5.75 Å². The number of aromatic nitrogens is 3. The van der Waals surface area contributed by atoms with Gasteiger partial charge in [-0.25, -0.2) is 0 Å². The summed E-state index contributed by atoms with van der Waals surface area (Å²) in [5, 5.41) is 9.82. The van der Waals surface area contributed by atoms with E-state index in [1.54, 1.807) is 0 Å². The fourth-order valence-electron chi connectivity index (χ4n) is 2.29. The number of pyridine rings is 1.